The molecule has 3 aromatic rings. The SMILES string of the molecule is Cc1ccc(C(=O)N/N=C\c2cc(C)n(-c3cccc(Cl)c3)c2C)cc1[N+](=O)[O-]. The highest BCUT2D eigenvalue weighted by molar-refractivity contribution is 6.30. The van der Waals surface area contributed by atoms with E-state index >= 15 is 0 Å². The molecule has 0 aliphatic rings. The number of hydrogen-bond acceptors (Lipinski definition) is 4. The van der Waals surface area contributed by atoms with Crippen LogP contribution in [-0.4, -0.2) is 21.6 Å². The summed E-state index contributed by atoms with van der Waals surface area (Å²) < 4.78 is 2.04. The van der Waals surface area contributed by atoms with Crippen molar-refractivity contribution in [3.63, 3.8) is 0 Å². The van der Waals surface area contributed by atoms with Crippen LogP contribution in [0, 0.1) is 30.9 Å². The number of rotatable bonds is 5. The van der Waals surface area contributed by atoms with Gasteiger partial charge in [-0.25, -0.2) is 5.43 Å². The lowest BCUT2D eigenvalue weighted by molar-refractivity contribution is -0.385. The van der Waals surface area contributed by atoms with E-state index in [0.29, 0.717) is 10.6 Å². The quantitative estimate of drug-likeness (QED) is 0.374. The summed E-state index contributed by atoms with van der Waals surface area (Å²) in [7, 11) is 0. The Kier molecular flexibility index (Phi) is 5.79. The van der Waals surface area contributed by atoms with Gasteiger partial charge >= 0.3 is 0 Å². The van der Waals surface area contributed by atoms with Gasteiger partial charge in [0.25, 0.3) is 11.6 Å². The molecule has 0 bridgehead atoms. The molecule has 148 valence electrons. The number of carbonyl (C=O) groups is 1. The number of halogens is 1. The smallest absolute Gasteiger partial charge is 0.273 e. The Bertz CT molecular complexity index is 1130. The summed E-state index contributed by atoms with van der Waals surface area (Å²) in [6, 6.07) is 13.8. The third-order valence-corrected chi connectivity index (χ3v) is 4.81. The Balaban J connectivity index is 1.79. The summed E-state index contributed by atoms with van der Waals surface area (Å²) in [5, 5.41) is 15.7. The van der Waals surface area contributed by atoms with E-state index in [1.54, 1.807) is 13.1 Å². The highest BCUT2D eigenvalue weighted by Gasteiger charge is 2.15. The fraction of sp³-hybridized carbons (Fsp3) is 0.143. The molecule has 0 unspecified atom stereocenters. The highest BCUT2D eigenvalue weighted by Crippen LogP contribution is 2.22. The fourth-order valence-electron chi connectivity index (χ4n) is 3.10. The van der Waals surface area contributed by atoms with E-state index in [1.807, 2.05) is 48.7 Å². The van der Waals surface area contributed by atoms with E-state index in [-0.39, 0.29) is 11.3 Å². The molecule has 0 spiro atoms. The van der Waals surface area contributed by atoms with Crippen molar-refractivity contribution in [2.24, 2.45) is 5.10 Å². The molecule has 0 aliphatic heterocycles. The number of nitrogens with zero attached hydrogens (tertiary/aromatic N) is 3. The molecule has 0 fully saturated rings. The van der Waals surface area contributed by atoms with Crippen molar-refractivity contribution >= 4 is 29.4 Å². The minimum atomic E-state index is -0.520. The number of benzene rings is 2. The third kappa shape index (κ3) is 4.35. The summed E-state index contributed by atoms with van der Waals surface area (Å²) in [6.45, 7) is 5.53. The second kappa shape index (κ2) is 8.28. The normalized spacial score (nSPS) is 11.0. The van der Waals surface area contributed by atoms with E-state index in [0.717, 1.165) is 22.6 Å². The number of hydrogen-bond donors (Lipinski definition) is 1. The molecule has 0 saturated carbocycles. The predicted molar refractivity (Wildman–Crippen MR) is 113 cm³/mol. The minimum absolute atomic E-state index is 0.105. The minimum Gasteiger partial charge on any atom is -0.318 e. The molecule has 8 heteroatoms. The maximum atomic E-state index is 12.3. The van der Waals surface area contributed by atoms with Gasteiger partial charge in [0.15, 0.2) is 0 Å². The van der Waals surface area contributed by atoms with Gasteiger partial charge in [0.1, 0.15) is 0 Å². The number of hydrazone groups is 1. The summed E-state index contributed by atoms with van der Waals surface area (Å²) in [6.07, 6.45) is 1.55. The number of aromatic nitrogens is 1. The first-order valence-corrected chi connectivity index (χ1v) is 9.19. The molecule has 0 saturated heterocycles. The van der Waals surface area contributed by atoms with Crippen molar-refractivity contribution in [3.05, 3.63) is 91.7 Å². The average molecular weight is 411 g/mol. The van der Waals surface area contributed by atoms with Crippen molar-refractivity contribution in [3.8, 4) is 5.69 Å². The van der Waals surface area contributed by atoms with Gasteiger partial charge in [-0.2, -0.15) is 5.10 Å². The lowest BCUT2D eigenvalue weighted by Crippen LogP contribution is -2.18. The Hall–Kier alpha value is -3.45. The van der Waals surface area contributed by atoms with Gasteiger partial charge < -0.3 is 4.57 Å². The van der Waals surface area contributed by atoms with Gasteiger partial charge in [-0.15, -0.1) is 0 Å². The zero-order valence-corrected chi connectivity index (χ0v) is 16.9. The molecule has 1 heterocycles. The van der Waals surface area contributed by atoms with Crippen LogP contribution in [0.2, 0.25) is 5.02 Å². The molecular weight excluding hydrogens is 392 g/mol. The lowest BCUT2D eigenvalue weighted by atomic mass is 10.1. The number of nitro groups is 1. The number of nitrogens with one attached hydrogen (secondary N) is 1. The van der Waals surface area contributed by atoms with E-state index in [9.17, 15) is 14.9 Å². The lowest BCUT2D eigenvalue weighted by Gasteiger charge is -2.09. The second-order valence-electron chi connectivity index (χ2n) is 6.60. The van der Waals surface area contributed by atoms with Crippen molar-refractivity contribution in [1.82, 2.24) is 9.99 Å². The van der Waals surface area contributed by atoms with Gasteiger partial charge in [-0.3, -0.25) is 14.9 Å². The number of carbonyl (C=O) groups excluding carboxylic acids is 1. The van der Waals surface area contributed by atoms with Gasteiger partial charge in [0.05, 0.1) is 11.1 Å². The Morgan fingerprint density at radius 1 is 1.17 bits per heavy atom. The summed E-state index contributed by atoms with van der Waals surface area (Å²) in [5.74, 6) is -0.520. The van der Waals surface area contributed by atoms with Crippen LogP contribution in [0.5, 0.6) is 0 Å². The van der Waals surface area contributed by atoms with Crippen molar-refractivity contribution < 1.29 is 9.72 Å². The van der Waals surface area contributed by atoms with Crippen LogP contribution >= 0.6 is 11.6 Å². The van der Waals surface area contributed by atoms with Crippen LogP contribution in [-0.2, 0) is 0 Å². The van der Waals surface area contributed by atoms with Gasteiger partial charge in [-0.1, -0.05) is 23.7 Å². The van der Waals surface area contributed by atoms with Crippen LogP contribution in [0.25, 0.3) is 5.69 Å². The standard InChI is InChI=1S/C21H19ClN4O3/c1-13-7-8-16(10-20(13)26(28)29)21(27)24-23-12-17-9-14(2)25(15(17)3)19-6-4-5-18(22)11-19/h4-12H,1-3H3,(H,24,27)/b23-12-. The molecule has 0 atom stereocenters. The summed E-state index contributed by atoms with van der Waals surface area (Å²) in [4.78, 5) is 22.8. The fourth-order valence-corrected chi connectivity index (χ4v) is 3.29. The van der Waals surface area contributed by atoms with Crippen LogP contribution in [0.4, 0.5) is 5.69 Å². The Labute approximate surface area is 172 Å². The number of amides is 1. The second-order valence-corrected chi connectivity index (χ2v) is 7.04. The topological polar surface area (TPSA) is 89.5 Å². The zero-order valence-electron chi connectivity index (χ0n) is 16.1. The molecule has 0 radical (unpaired) electrons. The molecule has 1 amide bonds. The Morgan fingerprint density at radius 3 is 2.62 bits per heavy atom. The summed E-state index contributed by atoms with van der Waals surface area (Å²) in [5.41, 5.74) is 6.67. The monoisotopic (exact) mass is 410 g/mol. The van der Waals surface area contributed by atoms with Crippen molar-refractivity contribution in [2.75, 3.05) is 0 Å². The molecule has 3 rings (SSSR count). The maximum absolute atomic E-state index is 12.3. The first kappa shape index (κ1) is 20.3. The predicted octanol–water partition coefficient (Wildman–Crippen LogP) is 4.73. The van der Waals surface area contributed by atoms with E-state index in [2.05, 4.69) is 10.5 Å². The van der Waals surface area contributed by atoms with Crippen molar-refractivity contribution in [1.29, 1.82) is 0 Å². The third-order valence-electron chi connectivity index (χ3n) is 4.57. The molecule has 7 nitrogen and oxygen atoms in total. The van der Waals surface area contributed by atoms with E-state index in [1.165, 1.54) is 18.2 Å². The van der Waals surface area contributed by atoms with Crippen LogP contribution in [0.1, 0.15) is 32.9 Å². The average Bonchev–Trinajstić information content (AvgIpc) is 2.95. The maximum Gasteiger partial charge on any atom is 0.273 e. The molecule has 2 aromatic carbocycles. The van der Waals surface area contributed by atoms with Crippen LogP contribution < -0.4 is 5.43 Å². The van der Waals surface area contributed by atoms with Gasteiger partial charge in [0.2, 0.25) is 0 Å². The van der Waals surface area contributed by atoms with Crippen LogP contribution in [0.3, 0.4) is 0 Å². The van der Waals surface area contributed by atoms with E-state index in [4.69, 9.17) is 11.6 Å². The molecule has 1 N–H and O–H groups in total. The molecule has 0 aliphatic carbocycles. The van der Waals surface area contributed by atoms with E-state index < -0.39 is 10.8 Å². The number of nitro benzene ring substituents is 1. The van der Waals surface area contributed by atoms with Crippen molar-refractivity contribution in [2.45, 2.75) is 20.8 Å². The highest BCUT2D eigenvalue weighted by atomic mass is 35.5. The molecule has 29 heavy (non-hydrogen) atoms. The largest absolute Gasteiger partial charge is 0.318 e. The molecular formula is C21H19ClN4O3. The Morgan fingerprint density at radius 2 is 1.93 bits per heavy atom. The number of aryl methyl sites for hydroxylation is 2. The zero-order chi connectivity index (χ0) is 21.1. The summed E-state index contributed by atoms with van der Waals surface area (Å²) >= 11 is 6.09. The first-order valence-electron chi connectivity index (χ1n) is 8.81. The first-order chi connectivity index (χ1) is 13.8. The molecule has 1 aromatic heterocycles. The van der Waals surface area contributed by atoms with Gasteiger partial charge in [0, 0.05) is 44.9 Å². The van der Waals surface area contributed by atoms with Crippen LogP contribution in [0.15, 0.2) is 53.6 Å². The van der Waals surface area contributed by atoms with Gasteiger partial charge in [-0.05, 0) is 51.1 Å².